The van der Waals surface area contributed by atoms with Gasteiger partial charge in [0.25, 0.3) is 0 Å². The Bertz CT molecular complexity index is 876. The summed E-state index contributed by atoms with van der Waals surface area (Å²) in [5, 5.41) is 7.82. The van der Waals surface area contributed by atoms with Crippen molar-refractivity contribution in [2.75, 3.05) is 0 Å². The summed E-state index contributed by atoms with van der Waals surface area (Å²) in [6, 6.07) is 10.0. The molecular weight excluding hydrogens is 319 g/mol. The second-order valence-corrected chi connectivity index (χ2v) is 5.91. The van der Waals surface area contributed by atoms with E-state index in [0.29, 0.717) is 12.4 Å². The monoisotopic (exact) mass is 340 g/mol. The largest absolute Gasteiger partial charge is 0.436 e. The molecule has 0 fully saturated rings. The Labute approximate surface area is 146 Å². The molecule has 130 valence electrons. The number of pyridine rings is 1. The van der Waals surface area contributed by atoms with Gasteiger partial charge in [0.2, 0.25) is 5.88 Å². The first-order chi connectivity index (χ1) is 12.0. The summed E-state index contributed by atoms with van der Waals surface area (Å²) in [6.45, 7) is 5.46. The highest BCUT2D eigenvalue weighted by Gasteiger charge is 2.09. The number of halogens is 1. The van der Waals surface area contributed by atoms with Gasteiger partial charge in [0.05, 0.1) is 5.69 Å². The molecule has 25 heavy (non-hydrogen) atoms. The van der Waals surface area contributed by atoms with Gasteiger partial charge in [-0.25, -0.2) is 9.37 Å². The zero-order chi connectivity index (χ0) is 17.8. The second-order valence-electron chi connectivity index (χ2n) is 5.91. The number of aryl methyl sites for hydroxylation is 2. The van der Waals surface area contributed by atoms with Crippen LogP contribution in [0.4, 0.5) is 4.39 Å². The fourth-order valence-corrected chi connectivity index (χ4v) is 2.66. The standard InChI is InChI=1S/C19H21FN4O/c1-13-16(14(2)24(3)23-13)12-21-11-15-8-9-22-19(10-15)25-18-7-5-4-6-17(18)20/h4-10,21H,11-12H2,1-3H3. The van der Waals surface area contributed by atoms with Gasteiger partial charge in [0, 0.05) is 43.7 Å². The molecule has 0 spiro atoms. The van der Waals surface area contributed by atoms with Crippen LogP contribution >= 0.6 is 0 Å². The average molecular weight is 340 g/mol. The number of ether oxygens (including phenoxy) is 1. The summed E-state index contributed by atoms with van der Waals surface area (Å²) >= 11 is 0. The van der Waals surface area contributed by atoms with Gasteiger partial charge >= 0.3 is 0 Å². The molecule has 5 nitrogen and oxygen atoms in total. The highest BCUT2D eigenvalue weighted by atomic mass is 19.1. The van der Waals surface area contributed by atoms with Crippen molar-refractivity contribution in [1.82, 2.24) is 20.1 Å². The van der Waals surface area contributed by atoms with Gasteiger partial charge < -0.3 is 10.1 Å². The number of nitrogens with one attached hydrogen (secondary N) is 1. The van der Waals surface area contributed by atoms with Crippen LogP contribution in [0, 0.1) is 19.7 Å². The number of para-hydroxylation sites is 1. The molecule has 0 amide bonds. The lowest BCUT2D eigenvalue weighted by Gasteiger charge is -2.09. The Kier molecular flexibility index (Phi) is 5.09. The van der Waals surface area contributed by atoms with Crippen molar-refractivity contribution in [1.29, 1.82) is 0 Å². The Hall–Kier alpha value is -2.73. The van der Waals surface area contributed by atoms with Crippen LogP contribution in [0.3, 0.4) is 0 Å². The number of nitrogens with zero attached hydrogens (tertiary/aromatic N) is 3. The van der Waals surface area contributed by atoms with Crippen LogP contribution in [0.5, 0.6) is 11.6 Å². The van der Waals surface area contributed by atoms with Gasteiger partial charge in [-0.1, -0.05) is 12.1 Å². The fraction of sp³-hybridized carbons (Fsp3) is 0.263. The van der Waals surface area contributed by atoms with Crippen molar-refractivity contribution < 1.29 is 9.13 Å². The van der Waals surface area contributed by atoms with Gasteiger partial charge in [-0.05, 0) is 37.6 Å². The van der Waals surface area contributed by atoms with Crippen LogP contribution in [-0.4, -0.2) is 14.8 Å². The minimum absolute atomic E-state index is 0.168. The summed E-state index contributed by atoms with van der Waals surface area (Å²) in [5.41, 5.74) is 4.41. The molecule has 0 aliphatic heterocycles. The lowest BCUT2D eigenvalue weighted by Crippen LogP contribution is -2.14. The van der Waals surface area contributed by atoms with E-state index in [1.807, 2.05) is 30.8 Å². The third-order valence-corrected chi connectivity index (χ3v) is 4.14. The Balaban J connectivity index is 1.63. The van der Waals surface area contributed by atoms with E-state index < -0.39 is 5.82 Å². The molecule has 0 saturated heterocycles. The van der Waals surface area contributed by atoms with Crippen molar-refractivity contribution in [2.45, 2.75) is 26.9 Å². The van der Waals surface area contributed by atoms with E-state index in [9.17, 15) is 4.39 Å². The maximum Gasteiger partial charge on any atom is 0.219 e. The third-order valence-electron chi connectivity index (χ3n) is 4.14. The van der Waals surface area contributed by atoms with E-state index in [2.05, 4.69) is 22.3 Å². The molecular formula is C19H21FN4O. The molecule has 1 N–H and O–H groups in total. The maximum atomic E-state index is 13.7. The SMILES string of the molecule is Cc1nn(C)c(C)c1CNCc1ccnc(Oc2ccccc2F)c1. The van der Waals surface area contributed by atoms with Crippen molar-refractivity contribution in [3.8, 4) is 11.6 Å². The Morgan fingerprint density at radius 2 is 1.96 bits per heavy atom. The normalized spacial score (nSPS) is 10.9. The summed E-state index contributed by atoms with van der Waals surface area (Å²) in [7, 11) is 1.95. The molecule has 2 aromatic heterocycles. The van der Waals surface area contributed by atoms with Crippen molar-refractivity contribution in [2.24, 2.45) is 7.05 Å². The van der Waals surface area contributed by atoms with Gasteiger partial charge in [-0.3, -0.25) is 4.68 Å². The van der Waals surface area contributed by atoms with E-state index in [-0.39, 0.29) is 5.75 Å². The van der Waals surface area contributed by atoms with Gasteiger partial charge in [-0.15, -0.1) is 0 Å². The van der Waals surface area contributed by atoms with Crippen LogP contribution in [0.2, 0.25) is 0 Å². The number of hydrogen-bond acceptors (Lipinski definition) is 4. The van der Waals surface area contributed by atoms with Crippen LogP contribution in [-0.2, 0) is 20.1 Å². The summed E-state index contributed by atoms with van der Waals surface area (Å²) < 4.78 is 21.1. The smallest absolute Gasteiger partial charge is 0.219 e. The topological polar surface area (TPSA) is 52.0 Å². The first-order valence-electron chi connectivity index (χ1n) is 8.11. The third kappa shape index (κ3) is 4.03. The minimum atomic E-state index is -0.407. The predicted octanol–water partition coefficient (Wildman–Crippen LogP) is 3.65. The molecule has 1 aromatic carbocycles. The minimum Gasteiger partial charge on any atom is -0.436 e. The van der Waals surface area contributed by atoms with Crippen molar-refractivity contribution in [3.05, 3.63) is 70.9 Å². The lowest BCUT2D eigenvalue weighted by molar-refractivity contribution is 0.426. The average Bonchev–Trinajstić information content (AvgIpc) is 2.83. The molecule has 0 saturated carbocycles. The number of hydrogen-bond donors (Lipinski definition) is 1. The van der Waals surface area contributed by atoms with Crippen LogP contribution in [0.15, 0.2) is 42.6 Å². The molecule has 0 radical (unpaired) electrons. The van der Waals surface area contributed by atoms with E-state index in [0.717, 1.165) is 23.5 Å². The van der Waals surface area contributed by atoms with Gasteiger partial charge in [0.15, 0.2) is 11.6 Å². The molecule has 0 unspecified atom stereocenters. The number of benzene rings is 1. The first kappa shape index (κ1) is 17.1. The molecule has 0 atom stereocenters. The highest BCUT2D eigenvalue weighted by Crippen LogP contribution is 2.22. The van der Waals surface area contributed by atoms with Gasteiger partial charge in [-0.2, -0.15) is 5.10 Å². The number of rotatable bonds is 6. The molecule has 6 heteroatoms. The Morgan fingerprint density at radius 1 is 1.16 bits per heavy atom. The van der Waals surface area contributed by atoms with Crippen LogP contribution < -0.4 is 10.1 Å². The van der Waals surface area contributed by atoms with Crippen molar-refractivity contribution in [3.63, 3.8) is 0 Å². The summed E-state index contributed by atoms with van der Waals surface area (Å²) in [4.78, 5) is 4.14. The molecule has 2 heterocycles. The van der Waals surface area contributed by atoms with E-state index >= 15 is 0 Å². The molecule has 3 aromatic rings. The highest BCUT2D eigenvalue weighted by molar-refractivity contribution is 5.30. The van der Waals surface area contributed by atoms with Gasteiger partial charge in [0.1, 0.15) is 0 Å². The zero-order valence-corrected chi connectivity index (χ0v) is 14.6. The summed E-state index contributed by atoms with van der Waals surface area (Å²) in [5.74, 6) is 0.134. The maximum absolute atomic E-state index is 13.7. The fourth-order valence-electron chi connectivity index (χ4n) is 2.66. The van der Waals surface area contributed by atoms with E-state index in [4.69, 9.17) is 4.74 Å². The quantitative estimate of drug-likeness (QED) is 0.744. The molecule has 0 bridgehead atoms. The van der Waals surface area contributed by atoms with Crippen LogP contribution in [0.1, 0.15) is 22.5 Å². The number of aromatic nitrogens is 3. The predicted molar refractivity (Wildman–Crippen MR) is 93.9 cm³/mol. The van der Waals surface area contributed by atoms with Crippen LogP contribution in [0.25, 0.3) is 0 Å². The lowest BCUT2D eigenvalue weighted by atomic mass is 10.2. The molecule has 0 aliphatic rings. The van der Waals surface area contributed by atoms with E-state index in [1.54, 1.807) is 24.4 Å². The van der Waals surface area contributed by atoms with E-state index in [1.165, 1.54) is 11.6 Å². The Morgan fingerprint density at radius 3 is 2.68 bits per heavy atom. The first-order valence-corrected chi connectivity index (χ1v) is 8.11. The zero-order valence-electron chi connectivity index (χ0n) is 14.6. The van der Waals surface area contributed by atoms with Crippen molar-refractivity contribution >= 4 is 0 Å². The molecule has 3 rings (SSSR count). The summed E-state index contributed by atoms with van der Waals surface area (Å²) in [6.07, 6.45) is 1.66. The second kappa shape index (κ2) is 7.44. The molecule has 0 aliphatic carbocycles.